The summed E-state index contributed by atoms with van der Waals surface area (Å²) in [5, 5.41) is 22.5. The molecule has 0 aliphatic rings. The predicted octanol–water partition coefficient (Wildman–Crippen LogP) is 0.266. The van der Waals surface area contributed by atoms with Crippen LogP contribution in [-0.2, 0) is 9.53 Å². The van der Waals surface area contributed by atoms with Crippen molar-refractivity contribution in [3.63, 3.8) is 0 Å². The van der Waals surface area contributed by atoms with Gasteiger partial charge in [-0.2, -0.15) is 0 Å². The fraction of sp³-hybridized carbons (Fsp3) is 0.429. The van der Waals surface area contributed by atoms with Crippen LogP contribution in [0.5, 0.6) is 11.5 Å². The monoisotopic (exact) mass is 342 g/mol. The molecule has 0 saturated carbocycles. The highest BCUT2D eigenvalue weighted by molar-refractivity contribution is 6.01. The van der Waals surface area contributed by atoms with Crippen LogP contribution >= 0.6 is 0 Å². The van der Waals surface area contributed by atoms with Gasteiger partial charge in [-0.1, -0.05) is 0 Å². The summed E-state index contributed by atoms with van der Waals surface area (Å²) in [6.07, 6.45) is 0. The second kappa shape index (κ2) is 8.67. The van der Waals surface area contributed by atoms with Crippen molar-refractivity contribution < 1.29 is 33.8 Å². The molecule has 0 fully saturated rings. The fourth-order valence-electron chi connectivity index (χ4n) is 1.86. The Labute approximate surface area is 137 Å². The van der Waals surface area contributed by atoms with E-state index in [0.29, 0.717) is 0 Å². The number of methoxy groups -OCH3 is 2. The van der Waals surface area contributed by atoms with Crippen LogP contribution in [0.4, 0.5) is 5.69 Å². The summed E-state index contributed by atoms with van der Waals surface area (Å²) < 4.78 is 14.7. The summed E-state index contributed by atoms with van der Waals surface area (Å²) in [5.74, 6) is -1.61. The molecule has 10 heteroatoms. The normalized spacial score (nSPS) is 11.3. The number of esters is 1. The van der Waals surface area contributed by atoms with Crippen molar-refractivity contribution in [2.45, 2.75) is 13.0 Å². The Bertz CT molecular complexity index is 631. The molecule has 0 radical (unpaired) electrons. The Kier molecular flexibility index (Phi) is 6.93. The zero-order valence-corrected chi connectivity index (χ0v) is 13.4. The zero-order valence-electron chi connectivity index (χ0n) is 13.4. The van der Waals surface area contributed by atoms with Crippen LogP contribution in [0.3, 0.4) is 0 Å². The second-order valence-corrected chi connectivity index (χ2v) is 4.44. The number of nitrogens with one attached hydrogen (secondary N) is 1. The predicted molar refractivity (Wildman–Crippen MR) is 81.2 cm³/mol. The number of nitrogens with zero attached hydrogens (tertiary/aromatic N) is 1. The third-order valence-electron chi connectivity index (χ3n) is 3.00. The van der Waals surface area contributed by atoms with Crippen molar-refractivity contribution >= 4 is 17.6 Å². The number of carbonyl (C=O) groups excluding carboxylic acids is 2. The van der Waals surface area contributed by atoms with Gasteiger partial charge in [0.1, 0.15) is 5.56 Å². The van der Waals surface area contributed by atoms with Crippen molar-refractivity contribution in [2.24, 2.45) is 0 Å². The molecule has 0 aliphatic carbocycles. The minimum atomic E-state index is -1.34. The minimum Gasteiger partial charge on any atom is -0.493 e. The molecule has 1 aromatic carbocycles. The fourth-order valence-corrected chi connectivity index (χ4v) is 1.86. The van der Waals surface area contributed by atoms with Gasteiger partial charge in [-0.05, 0) is 6.92 Å². The van der Waals surface area contributed by atoms with E-state index in [9.17, 15) is 24.8 Å². The lowest BCUT2D eigenvalue weighted by molar-refractivity contribution is -0.385. The van der Waals surface area contributed by atoms with Crippen LogP contribution in [0, 0.1) is 10.1 Å². The van der Waals surface area contributed by atoms with Crippen molar-refractivity contribution in [1.29, 1.82) is 0 Å². The lowest BCUT2D eigenvalue weighted by atomic mass is 10.1. The van der Waals surface area contributed by atoms with Crippen molar-refractivity contribution in [3.05, 3.63) is 27.8 Å². The summed E-state index contributed by atoms with van der Waals surface area (Å²) >= 11 is 0. The first-order valence-corrected chi connectivity index (χ1v) is 6.88. The summed E-state index contributed by atoms with van der Waals surface area (Å²) in [7, 11) is 2.60. The molecule has 0 aliphatic heterocycles. The van der Waals surface area contributed by atoms with Gasteiger partial charge < -0.3 is 24.6 Å². The number of aliphatic hydroxyl groups is 1. The lowest BCUT2D eigenvalue weighted by Gasteiger charge is -2.15. The smallest absolute Gasteiger partial charge is 0.331 e. The van der Waals surface area contributed by atoms with Crippen LogP contribution in [0.15, 0.2) is 12.1 Å². The number of hydrogen-bond acceptors (Lipinski definition) is 8. The van der Waals surface area contributed by atoms with Crippen LogP contribution < -0.4 is 14.8 Å². The maximum Gasteiger partial charge on any atom is 0.331 e. The van der Waals surface area contributed by atoms with E-state index in [1.165, 1.54) is 14.2 Å². The number of ether oxygens (including phenoxy) is 3. The highest BCUT2D eigenvalue weighted by Gasteiger charge is 2.28. The first-order valence-electron chi connectivity index (χ1n) is 6.88. The molecule has 0 aromatic heterocycles. The number of nitro benzene ring substituents is 1. The first kappa shape index (κ1) is 19.2. The molecule has 0 heterocycles. The number of benzene rings is 1. The van der Waals surface area contributed by atoms with E-state index in [0.717, 1.165) is 12.1 Å². The number of nitro groups is 1. The molecule has 0 bridgehead atoms. The highest BCUT2D eigenvalue weighted by atomic mass is 16.6. The van der Waals surface area contributed by atoms with E-state index in [2.05, 4.69) is 5.32 Å². The Hall–Kier alpha value is -2.88. The summed E-state index contributed by atoms with van der Waals surface area (Å²) in [5.41, 5.74) is -0.883. The van der Waals surface area contributed by atoms with Gasteiger partial charge in [0.05, 0.1) is 38.4 Å². The standard InChI is InChI=1S/C14H18N2O8/c1-4-24-14(19)9(7-17)15-13(18)8-5-11(22-2)12(23-3)6-10(8)16(20)21/h5-6,9,17H,4,7H2,1-3H3,(H,15,18)/t9-/m0/s1. The molecule has 1 atom stereocenters. The average Bonchev–Trinajstić information content (AvgIpc) is 2.57. The Morgan fingerprint density at radius 1 is 1.29 bits per heavy atom. The van der Waals surface area contributed by atoms with Gasteiger partial charge in [0, 0.05) is 6.07 Å². The molecule has 2 N–H and O–H groups in total. The van der Waals surface area contributed by atoms with Gasteiger partial charge in [-0.3, -0.25) is 14.9 Å². The van der Waals surface area contributed by atoms with Gasteiger partial charge in [-0.15, -0.1) is 0 Å². The summed E-state index contributed by atoms with van der Waals surface area (Å²) in [6, 6.07) is 0.808. The minimum absolute atomic E-state index is 0.0573. The van der Waals surface area contributed by atoms with Crippen molar-refractivity contribution in [1.82, 2.24) is 5.32 Å². The van der Waals surface area contributed by atoms with E-state index in [1.54, 1.807) is 6.92 Å². The molecule has 0 unspecified atom stereocenters. The topological polar surface area (TPSA) is 137 Å². The second-order valence-electron chi connectivity index (χ2n) is 4.44. The largest absolute Gasteiger partial charge is 0.493 e. The first-order chi connectivity index (χ1) is 11.4. The van der Waals surface area contributed by atoms with Crippen molar-refractivity contribution in [2.75, 3.05) is 27.4 Å². The molecule has 132 valence electrons. The molecule has 10 nitrogen and oxygen atoms in total. The quantitative estimate of drug-likeness (QED) is 0.390. The summed E-state index contributed by atoms with van der Waals surface area (Å²) in [6.45, 7) is 0.903. The van der Waals surface area contributed by atoms with E-state index >= 15 is 0 Å². The van der Waals surface area contributed by atoms with Gasteiger partial charge in [0.15, 0.2) is 17.5 Å². The SMILES string of the molecule is CCOC(=O)[C@H](CO)NC(=O)c1cc(OC)c(OC)cc1[N+](=O)[O-]. The van der Waals surface area contributed by atoms with Crippen molar-refractivity contribution in [3.8, 4) is 11.5 Å². The summed E-state index contributed by atoms with van der Waals surface area (Å²) in [4.78, 5) is 34.3. The van der Waals surface area contributed by atoms with E-state index in [4.69, 9.17) is 14.2 Å². The number of carbonyl (C=O) groups is 2. The van der Waals surface area contributed by atoms with Crippen LogP contribution in [0.1, 0.15) is 17.3 Å². The van der Waals surface area contributed by atoms with Crippen LogP contribution in [-0.4, -0.2) is 55.4 Å². The Morgan fingerprint density at radius 3 is 2.33 bits per heavy atom. The number of aliphatic hydroxyl groups excluding tert-OH is 1. The molecule has 0 saturated heterocycles. The highest BCUT2D eigenvalue weighted by Crippen LogP contribution is 2.34. The van der Waals surface area contributed by atoms with Crippen LogP contribution in [0.25, 0.3) is 0 Å². The van der Waals surface area contributed by atoms with Gasteiger partial charge >= 0.3 is 5.97 Å². The number of amides is 1. The van der Waals surface area contributed by atoms with Gasteiger partial charge in [0.2, 0.25) is 0 Å². The third kappa shape index (κ3) is 4.32. The van der Waals surface area contributed by atoms with Gasteiger partial charge in [-0.25, -0.2) is 4.79 Å². The molecular weight excluding hydrogens is 324 g/mol. The van der Waals surface area contributed by atoms with E-state index in [-0.39, 0.29) is 23.7 Å². The molecular formula is C14H18N2O8. The Balaban J connectivity index is 3.20. The third-order valence-corrected chi connectivity index (χ3v) is 3.00. The van der Waals surface area contributed by atoms with E-state index < -0.39 is 35.1 Å². The number of rotatable bonds is 8. The van der Waals surface area contributed by atoms with Crippen LogP contribution in [0.2, 0.25) is 0 Å². The zero-order chi connectivity index (χ0) is 18.3. The molecule has 24 heavy (non-hydrogen) atoms. The van der Waals surface area contributed by atoms with E-state index in [1.807, 2.05) is 0 Å². The molecule has 0 spiro atoms. The Morgan fingerprint density at radius 2 is 1.88 bits per heavy atom. The molecule has 1 aromatic rings. The maximum absolute atomic E-state index is 12.3. The lowest BCUT2D eigenvalue weighted by Crippen LogP contribution is -2.44. The molecule has 1 rings (SSSR count). The number of hydrogen-bond donors (Lipinski definition) is 2. The van der Waals surface area contributed by atoms with Gasteiger partial charge in [0.25, 0.3) is 11.6 Å². The average molecular weight is 342 g/mol. The maximum atomic E-state index is 12.3. The molecule has 1 amide bonds.